The zero-order valence-corrected chi connectivity index (χ0v) is 14.4. The molecule has 9 heteroatoms. The van der Waals surface area contributed by atoms with Crippen molar-refractivity contribution >= 4 is 33.2 Å². The second-order valence-corrected chi connectivity index (χ2v) is 7.50. The van der Waals surface area contributed by atoms with Crippen LogP contribution in [0.3, 0.4) is 0 Å². The highest BCUT2D eigenvalue weighted by Crippen LogP contribution is 2.30. The molecule has 0 amide bonds. The van der Waals surface area contributed by atoms with Gasteiger partial charge in [-0.2, -0.15) is 13.2 Å². The smallest absolute Gasteiger partial charge is 0.211 e. The summed E-state index contributed by atoms with van der Waals surface area (Å²) >= 11 is 11.6. The first-order chi connectivity index (χ1) is 11.1. The first kappa shape index (κ1) is 19.1. The van der Waals surface area contributed by atoms with E-state index in [0.717, 1.165) is 23.8 Å². The summed E-state index contributed by atoms with van der Waals surface area (Å²) in [4.78, 5) is -0.438. The molecule has 0 radical (unpaired) electrons. The van der Waals surface area contributed by atoms with Crippen LogP contribution in [0.15, 0.2) is 47.4 Å². The van der Waals surface area contributed by atoms with Crippen LogP contribution in [0.5, 0.6) is 0 Å². The molecule has 0 aliphatic rings. The standard InChI is InChI=1S/C15H12Cl2F3NO2S/c16-13-5-4-10(8-14(13)17)6-7-21-24(22,23)12-3-1-2-11(9-12)15(18,19)20/h1-5,8-9,21H,6-7H2. The van der Waals surface area contributed by atoms with Crippen molar-refractivity contribution in [1.82, 2.24) is 4.72 Å². The Bertz CT molecular complexity index is 839. The molecule has 0 aromatic heterocycles. The quantitative estimate of drug-likeness (QED) is 0.805. The average molecular weight is 398 g/mol. The molecule has 130 valence electrons. The van der Waals surface area contributed by atoms with Crippen LogP contribution in [0.2, 0.25) is 10.0 Å². The third kappa shape index (κ3) is 4.86. The molecule has 2 aromatic carbocycles. The summed E-state index contributed by atoms with van der Waals surface area (Å²) in [5, 5.41) is 0.722. The van der Waals surface area contributed by atoms with Gasteiger partial charge in [-0.05, 0) is 42.3 Å². The Labute approximate surface area is 147 Å². The molecule has 2 aromatic rings. The van der Waals surface area contributed by atoms with Gasteiger partial charge in [-0.15, -0.1) is 0 Å². The molecule has 0 aliphatic carbocycles. The minimum Gasteiger partial charge on any atom is -0.211 e. The van der Waals surface area contributed by atoms with Gasteiger partial charge in [-0.25, -0.2) is 13.1 Å². The Morgan fingerprint density at radius 1 is 1.00 bits per heavy atom. The van der Waals surface area contributed by atoms with Gasteiger partial charge in [0, 0.05) is 6.54 Å². The van der Waals surface area contributed by atoms with Crippen LogP contribution in [-0.2, 0) is 22.6 Å². The monoisotopic (exact) mass is 397 g/mol. The molecule has 0 fully saturated rings. The van der Waals surface area contributed by atoms with Crippen LogP contribution < -0.4 is 4.72 Å². The lowest BCUT2D eigenvalue weighted by Gasteiger charge is -2.10. The molecule has 0 atom stereocenters. The molecule has 0 saturated heterocycles. The lowest BCUT2D eigenvalue weighted by atomic mass is 10.1. The van der Waals surface area contributed by atoms with Crippen molar-refractivity contribution in [1.29, 1.82) is 0 Å². The third-order valence-corrected chi connectivity index (χ3v) is 5.36. The van der Waals surface area contributed by atoms with E-state index in [0.29, 0.717) is 22.5 Å². The Morgan fingerprint density at radius 3 is 2.33 bits per heavy atom. The van der Waals surface area contributed by atoms with Gasteiger partial charge in [-0.1, -0.05) is 35.3 Å². The van der Waals surface area contributed by atoms with Crippen LogP contribution in [0.1, 0.15) is 11.1 Å². The topological polar surface area (TPSA) is 46.2 Å². The van der Waals surface area contributed by atoms with E-state index in [-0.39, 0.29) is 6.54 Å². The van der Waals surface area contributed by atoms with Crippen molar-refractivity contribution in [2.75, 3.05) is 6.54 Å². The van der Waals surface area contributed by atoms with E-state index in [9.17, 15) is 21.6 Å². The number of hydrogen-bond acceptors (Lipinski definition) is 2. The minimum absolute atomic E-state index is 0.0105. The molecule has 1 N–H and O–H groups in total. The van der Waals surface area contributed by atoms with Gasteiger partial charge in [0.05, 0.1) is 20.5 Å². The van der Waals surface area contributed by atoms with Gasteiger partial charge < -0.3 is 0 Å². The molecule has 2 rings (SSSR count). The lowest BCUT2D eigenvalue weighted by Crippen LogP contribution is -2.26. The molecular weight excluding hydrogens is 386 g/mol. The van der Waals surface area contributed by atoms with E-state index in [4.69, 9.17) is 23.2 Å². The largest absolute Gasteiger partial charge is 0.416 e. The number of alkyl halides is 3. The molecule has 3 nitrogen and oxygen atoms in total. The zero-order valence-electron chi connectivity index (χ0n) is 12.1. The second kappa shape index (κ2) is 7.31. The SMILES string of the molecule is O=S(=O)(NCCc1ccc(Cl)c(Cl)c1)c1cccc(C(F)(F)F)c1. The molecule has 0 bridgehead atoms. The van der Waals surface area contributed by atoms with Crippen molar-refractivity contribution in [3.8, 4) is 0 Å². The Balaban J connectivity index is 2.07. The molecule has 24 heavy (non-hydrogen) atoms. The average Bonchev–Trinajstić information content (AvgIpc) is 2.50. The third-order valence-electron chi connectivity index (χ3n) is 3.16. The molecule has 0 saturated carbocycles. The predicted octanol–water partition coefficient (Wildman–Crippen LogP) is 4.53. The fraction of sp³-hybridized carbons (Fsp3) is 0.200. The summed E-state index contributed by atoms with van der Waals surface area (Å²) in [6.45, 7) is 0.0105. The van der Waals surface area contributed by atoms with E-state index < -0.39 is 26.7 Å². The summed E-state index contributed by atoms with van der Waals surface area (Å²) in [5.41, 5.74) is -0.272. The van der Waals surface area contributed by atoms with Gasteiger partial charge in [0.1, 0.15) is 0 Å². The zero-order chi connectivity index (χ0) is 18.0. The second-order valence-electron chi connectivity index (χ2n) is 4.92. The summed E-state index contributed by atoms with van der Waals surface area (Å²) in [7, 11) is -4.04. The molecule has 0 aliphatic heterocycles. The van der Waals surface area contributed by atoms with E-state index in [1.165, 1.54) is 0 Å². The predicted molar refractivity (Wildman–Crippen MR) is 86.8 cm³/mol. The van der Waals surface area contributed by atoms with Crippen molar-refractivity contribution in [3.63, 3.8) is 0 Å². The summed E-state index contributed by atoms with van der Waals surface area (Å²) in [6.07, 6.45) is -4.29. The fourth-order valence-corrected chi connectivity index (χ4v) is 3.35. The van der Waals surface area contributed by atoms with E-state index in [1.807, 2.05) is 0 Å². The summed E-state index contributed by atoms with van der Waals surface area (Å²) in [5.74, 6) is 0. The van der Waals surface area contributed by atoms with Crippen LogP contribution in [0.4, 0.5) is 13.2 Å². The summed E-state index contributed by atoms with van der Waals surface area (Å²) in [6, 6.07) is 8.44. The van der Waals surface area contributed by atoms with Gasteiger partial charge >= 0.3 is 6.18 Å². The maximum absolute atomic E-state index is 12.7. The van der Waals surface area contributed by atoms with Crippen molar-refractivity contribution in [2.24, 2.45) is 0 Å². The highest BCUT2D eigenvalue weighted by Gasteiger charge is 2.31. The van der Waals surface area contributed by atoms with Gasteiger partial charge in [0.25, 0.3) is 0 Å². The van der Waals surface area contributed by atoms with Gasteiger partial charge in [0.2, 0.25) is 10.0 Å². The normalized spacial score (nSPS) is 12.4. The lowest BCUT2D eigenvalue weighted by molar-refractivity contribution is -0.137. The number of sulfonamides is 1. The van der Waals surface area contributed by atoms with Crippen molar-refractivity contribution < 1.29 is 21.6 Å². The van der Waals surface area contributed by atoms with E-state index in [2.05, 4.69) is 4.72 Å². The molecule has 0 spiro atoms. The van der Waals surface area contributed by atoms with Crippen molar-refractivity contribution in [2.45, 2.75) is 17.5 Å². The molecule has 0 heterocycles. The number of rotatable bonds is 5. The Morgan fingerprint density at radius 2 is 1.71 bits per heavy atom. The van der Waals surface area contributed by atoms with Crippen LogP contribution in [0.25, 0.3) is 0 Å². The van der Waals surface area contributed by atoms with Crippen LogP contribution in [0, 0.1) is 0 Å². The summed E-state index contributed by atoms with van der Waals surface area (Å²) < 4.78 is 64.4. The highest BCUT2D eigenvalue weighted by atomic mass is 35.5. The first-order valence-electron chi connectivity index (χ1n) is 6.70. The van der Waals surface area contributed by atoms with Gasteiger partial charge in [0.15, 0.2) is 0 Å². The van der Waals surface area contributed by atoms with Crippen molar-refractivity contribution in [3.05, 3.63) is 63.6 Å². The fourth-order valence-electron chi connectivity index (χ4n) is 1.95. The first-order valence-corrected chi connectivity index (χ1v) is 8.94. The van der Waals surface area contributed by atoms with E-state index >= 15 is 0 Å². The van der Waals surface area contributed by atoms with Gasteiger partial charge in [-0.3, -0.25) is 0 Å². The number of halogens is 5. The van der Waals surface area contributed by atoms with Crippen LogP contribution >= 0.6 is 23.2 Å². The molecule has 0 unspecified atom stereocenters. The Kier molecular flexibility index (Phi) is 5.80. The van der Waals surface area contributed by atoms with Crippen LogP contribution in [-0.4, -0.2) is 15.0 Å². The highest BCUT2D eigenvalue weighted by molar-refractivity contribution is 7.89. The number of benzene rings is 2. The maximum Gasteiger partial charge on any atom is 0.416 e. The number of nitrogens with one attached hydrogen (secondary N) is 1. The molecular formula is C15H12Cl2F3NO2S. The maximum atomic E-state index is 12.7. The van der Waals surface area contributed by atoms with E-state index in [1.54, 1.807) is 18.2 Å². The Hall–Kier alpha value is -1.28. The number of hydrogen-bond donors (Lipinski definition) is 1. The minimum atomic E-state index is -4.61.